The summed E-state index contributed by atoms with van der Waals surface area (Å²) in [4.78, 5) is 12.0. The van der Waals surface area contributed by atoms with E-state index in [2.05, 4.69) is 10.4 Å². The lowest BCUT2D eigenvalue weighted by molar-refractivity contribution is -0.118. The van der Waals surface area contributed by atoms with Crippen molar-refractivity contribution < 1.29 is 4.79 Å². The van der Waals surface area contributed by atoms with Gasteiger partial charge in [0.1, 0.15) is 0 Å². The summed E-state index contributed by atoms with van der Waals surface area (Å²) in [6.07, 6.45) is 8.03. The molecule has 5 heteroatoms. The molecular formula is C15H16N4O. The number of nitrogens with two attached hydrogens (primary N) is 1. The van der Waals surface area contributed by atoms with Crippen LogP contribution in [0.25, 0.3) is 5.69 Å². The number of benzene rings is 1. The van der Waals surface area contributed by atoms with E-state index in [-0.39, 0.29) is 17.9 Å². The van der Waals surface area contributed by atoms with Crippen LogP contribution in [0.1, 0.15) is 6.42 Å². The van der Waals surface area contributed by atoms with Crippen molar-refractivity contribution in [2.75, 3.05) is 5.32 Å². The number of rotatable bonds is 3. The SMILES string of the molecule is NC1C=CC(C(=O)Nc2ccc(-n3cccn3)cc2)C1. The molecule has 102 valence electrons. The average molecular weight is 268 g/mol. The highest BCUT2D eigenvalue weighted by Gasteiger charge is 2.22. The number of amides is 1. The maximum absolute atomic E-state index is 12.0. The molecule has 3 N–H and O–H groups in total. The second-order valence-corrected chi connectivity index (χ2v) is 4.88. The zero-order chi connectivity index (χ0) is 13.9. The second kappa shape index (κ2) is 5.30. The van der Waals surface area contributed by atoms with Crippen molar-refractivity contribution >= 4 is 11.6 Å². The fourth-order valence-corrected chi connectivity index (χ4v) is 2.28. The first kappa shape index (κ1) is 12.6. The summed E-state index contributed by atoms with van der Waals surface area (Å²) >= 11 is 0. The van der Waals surface area contributed by atoms with E-state index in [4.69, 9.17) is 5.73 Å². The highest BCUT2D eigenvalue weighted by Crippen LogP contribution is 2.19. The number of nitrogens with zero attached hydrogens (tertiary/aromatic N) is 2. The maximum atomic E-state index is 12.0. The quantitative estimate of drug-likeness (QED) is 0.832. The molecule has 20 heavy (non-hydrogen) atoms. The van der Waals surface area contributed by atoms with Crippen LogP contribution in [0.2, 0.25) is 0 Å². The molecule has 0 bridgehead atoms. The molecule has 0 saturated heterocycles. The molecule has 2 unspecified atom stereocenters. The minimum atomic E-state index is -0.129. The third-order valence-electron chi connectivity index (χ3n) is 3.36. The standard InChI is InChI=1S/C15H16N4O/c16-12-3-2-11(10-12)15(20)18-13-4-6-14(7-5-13)19-9-1-8-17-19/h1-9,11-12H,10,16H2,(H,18,20). The van der Waals surface area contributed by atoms with Gasteiger partial charge in [-0.15, -0.1) is 0 Å². The van der Waals surface area contributed by atoms with Crippen LogP contribution in [0.3, 0.4) is 0 Å². The predicted octanol–water partition coefficient (Wildman–Crippen LogP) is 1.71. The van der Waals surface area contributed by atoms with Gasteiger partial charge in [0.2, 0.25) is 5.91 Å². The van der Waals surface area contributed by atoms with Crippen LogP contribution in [0.4, 0.5) is 5.69 Å². The normalized spacial score (nSPS) is 21.1. The van der Waals surface area contributed by atoms with Gasteiger partial charge in [-0.2, -0.15) is 5.10 Å². The Bertz CT molecular complexity index is 616. The number of carbonyl (C=O) groups is 1. The summed E-state index contributed by atoms with van der Waals surface area (Å²) in [6, 6.07) is 9.43. The third kappa shape index (κ3) is 2.62. The minimum Gasteiger partial charge on any atom is -0.326 e. The molecule has 1 aromatic carbocycles. The number of anilines is 1. The van der Waals surface area contributed by atoms with Crippen LogP contribution in [-0.4, -0.2) is 21.7 Å². The molecule has 1 amide bonds. The highest BCUT2D eigenvalue weighted by atomic mass is 16.1. The topological polar surface area (TPSA) is 72.9 Å². The lowest BCUT2D eigenvalue weighted by Gasteiger charge is -2.11. The molecule has 5 nitrogen and oxygen atoms in total. The van der Waals surface area contributed by atoms with E-state index < -0.39 is 0 Å². The van der Waals surface area contributed by atoms with Crippen molar-refractivity contribution in [2.24, 2.45) is 11.7 Å². The summed E-state index contributed by atoms with van der Waals surface area (Å²) in [7, 11) is 0. The Balaban J connectivity index is 1.66. The molecule has 0 aliphatic heterocycles. The van der Waals surface area contributed by atoms with Gasteiger partial charge in [0.25, 0.3) is 0 Å². The molecule has 2 atom stereocenters. The molecule has 0 radical (unpaired) electrons. The monoisotopic (exact) mass is 268 g/mol. The lowest BCUT2D eigenvalue weighted by Crippen LogP contribution is -2.23. The van der Waals surface area contributed by atoms with E-state index in [1.54, 1.807) is 10.9 Å². The Kier molecular flexibility index (Phi) is 3.35. The Morgan fingerprint density at radius 1 is 1.30 bits per heavy atom. The fourth-order valence-electron chi connectivity index (χ4n) is 2.28. The van der Waals surface area contributed by atoms with Gasteiger partial charge in [-0.25, -0.2) is 4.68 Å². The van der Waals surface area contributed by atoms with Crippen molar-refractivity contribution in [1.29, 1.82) is 0 Å². The summed E-state index contributed by atoms with van der Waals surface area (Å²) in [5.41, 5.74) is 7.49. The molecule has 2 aromatic rings. The van der Waals surface area contributed by atoms with Gasteiger partial charge in [-0.1, -0.05) is 12.2 Å². The van der Waals surface area contributed by atoms with Crippen molar-refractivity contribution in [1.82, 2.24) is 9.78 Å². The van der Waals surface area contributed by atoms with Gasteiger partial charge in [0, 0.05) is 24.1 Å². The number of nitrogens with one attached hydrogen (secondary N) is 1. The molecule has 0 fully saturated rings. The van der Waals surface area contributed by atoms with E-state index in [1.165, 1.54) is 0 Å². The molecular weight excluding hydrogens is 252 g/mol. The molecule has 1 aromatic heterocycles. The van der Waals surface area contributed by atoms with Crippen LogP contribution in [-0.2, 0) is 4.79 Å². The maximum Gasteiger partial charge on any atom is 0.231 e. The average Bonchev–Trinajstić information content (AvgIpc) is 3.10. The highest BCUT2D eigenvalue weighted by molar-refractivity contribution is 5.94. The Hall–Kier alpha value is -2.40. The van der Waals surface area contributed by atoms with Gasteiger partial charge in [-0.05, 0) is 36.8 Å². The fraction of sp³-hybridized carbons (Fsp3) is 0.200. The first-order valence-corrected chi connectivity index (χ1v) is 6.57. The lowest BCUT2D eigenvalue weighted by atomic mass is 10.1. The van der Waals surface area contributed by atoms with Crippen molar-refractivity contribution in [2.45, 2.75) is 12.5 Å². The van der Waals surface area contributed by atoms with Crippen molar-refractivity contribution in [3.8, 4) is 5.69 Å². The molecule has 1 aliphatic rings. The van der Waals surface area contributed by atoms with E-state index in [0.717, 1.165) is 11.4 Å². The molecule has 0 spiro atoms. The van der Waals surface area contributed by atoms with Crippen LogP contribution < -0.4 is 11.1 Å². The molecule has 3 rings (SSSR count). The molecule has 0 saturated carbocycles. The first-order valence-electron chi connectivity index (χ1n) is 6.57. The Labute approximate surface area is 117 Å². The van der Waals surface area contributed by atoms with Gasteiger partial charge < -0.3 is 11.1 Å². The van der Waals surface area contributed by atoms with Gasteiger partial charge in [-0.3, -0.25) is 4.79 Å². The van der Waals surface area contributed by atoms with E-state index in [1.807, 2.05) is 48.7 Å². The summed E-state index contributed by atoms with van der Waals surface area (Å²) in [6.45, 7) is 0. The van der Waals surface area contributed by atoms with Gasteiger partial charge in [0.05, 0.1) is 11.6 Å². The zero-order valence-electron chi connectivity index (χ0n) is 10.9. The van der Waals surface area contributed by atoms with Crippen molar-refractivity contribution in [3.63, 3.8) is 0 Å². The summed E-state index contributed by atoms with van der Waals surface area (Å²) < 4.78 is 1.77. The van der Waals surface area contributed by atoms with Crippen LogP contribution >= 0.6 is 0 Å². The predicted molar refractivity (Wildman–Crippen MR) is 77.4 cm³/mol. The zero-order valence-corrected chi connectivity index (χ0v) is 10.9. The van der Waals surface area contributed by atoms with E-state index in [9.17, 15) is 4.79 Å². The van der Waals surface area contributed by atoms with Gasteiger partial charge >= 0.3 is 0 Å². The summed E-state index contributed by atoms with van der Waals surface area (Å²) in [5, 5.41) is 7.06. The number of hydrogen-bond acceptors (Lipinski definition) is 3. The number of hydrogen-bond donors (Lipinski definition) is 2. The van der Waals surface area contributed by atoms with Crippen LogP contribution in [0, 0.1) is 5.92 Å². The number of carbonyl (C=O) groups excluding carboxylic acids is 1. The van der Waals surface area contributed by atoms with E-state index in [0.29, 0.717) is 6.42 Å². The minimum absolute atomic E-state index is 0.00654. The Morgan fingerprint density at radius 2 is 2.10 bits per heavy atom. The molecule has 1 aliphatic carbocycles. The second-order valence-electron chi connectivity index (χ2n) is 4.88. The smallest absolute Gasteiger partial charge is 0.231 e. The Morgan fingerprint density at radius 3 is 2.70 bits per heavy atom. The van der Waals surface area contributed by atoms with Crippen LogP contribution in [0.15, 0.2) is 54.9 Å². The van der Waals surface area contributed by atoms with E-state index >= 15 is 0 Å². The summed E-state index contributed by atoms with van der Waals surface area (Å²) in [5.74, 6) is -0.142. The largest absolute Gasteiger partial charge is 0.326 e. The van der Waals surface area contributed by atoms with Gasteiger partial charge in [0.15, 0.2) is 0 Å². The van der Waals surface area contributed by atoms with Crippen LogP contribution in [0.5, 0.6) is 0 Å². The number of aromatic nitrogens is 2. The van der Waals surface area contributed by atoms with Crippen molar-refractivity contribution in [3.05, 3.63) is 54.9 Å². The molecule has 1 heterocycles. The third-order valence-corrected chi connectivity index (χ3v) is 3.36. The first-order chi connectivity index (χ1) is 9.72.